The first-order valence-electron chi connectivity index (χ1n) is 10.3. The number of fused-ring (bicyclic) bond motifs is 1. The molecule has 1 N–H and O–H groups in total. The zero-order valence-electron chi connectivity index (χ0n) is 16.7. The van der Waals surface area contributed by atoms with Gasteiger partial charge in [0, 0.05) is 39.3 Å². The van der Waals surface area contributed by atoms with E-state index in [1.54, 1.807) is 0 Å². The number of nitrogens with zero attached hydrogens (tertiary/aromatic N) is 4. The first-order valence-corrected chi connectivity index (χ1v) is 10.3. The van der Waals surface area contributed by atoms with E-state index >= 15 is 0 Å². The number of hydrogen-bond acceptors (Lipinski definition) is 4. The summed E-state index contributed by atoms with van der Waals surface area (Å²) in [5.74, 6) is -0.108. The Bertz CT molecular complexity index is 819. The second kappa shape index (κ2) is 8.05. The number of β-amino-alcohol motifs (C(OH)–C–C–N with tert-alkyl or cyclic N) is 1. The largest absolute Gasteiger partial charge is 0.379 e. The highest BCUT2D eigenvalue weighted by Crippen LogP contribution is 2.26. The van der Waals surface area contributed by atoms with Crippen LogP contribution < -0.4 is 0 Å². The number of carbonyl (C=O) groups is 1. The molecule has 0 bridgehead atoms. The van der Waals surface area contributed by atoms with E-state index in [1.807, 2.05) is 30.0 Å². The molecule has 1 saturated heterocycles. The average Bonchev–Trinajstić information content (AvgIpc) is 2.92. The number of aryl methyl sites for hydroxylation is 2. The molecule has 1 aromatic heterocycles. The van der Waals surface area contributed by atoms with Gasteiger partial charge in [-0.25, -0.2) is 0 Å². The molecule has 0 spiro atoms. The number of amides is 1. The predicted molar refractivity (Wildman–Crippen MR) is 108 cm³/mol. The Labute approximate surface area is 166 Å². The summed E-state index contributed by atoms with van der Waals surface area (Å²) in [5.41, 5.74) is 2.14. The Morgan fingerprint density at radius 3 is 2.79 bits per heavy atom. The van der Waals surface area contributed by atoms with Crippen molar-refractivity contribution in [2.75, 3.05) is 26.2 Å². The van der Waals surface area contributed by atoms with Crippen LogP contribution in [0.1, 0.15) is 36.2 Å². The van der Waals surface area contributed by atoms with E-state index in [1.165, 1.54) is 11.3 Å². The normalized spacial score (nSPS) is 23.5. The minimum absolute atomic E-state index is 0.108. The highest BCUT2D eigenvalue weighted by molar-refractivity contribution is 5.86. The maximum atomic E-state index is 13.1. The summed E-state index contributed by atoms with van der Waals surface area (Å²) in [5, 5.41) is 15.8. The van der Waals surface area contributed by atoms with Crippen LogP contribution in [0.15, 0.2) is 36.4 Å². The van der Waals surface area contributed by atoms with E-state index in [-0.39, 0.29) is 5.91 Å². The van der Waals surface area contributed by atoms with Gasteiger partial charge in [-0.15, -0.1) is 0 Å². The highest BCUT2D eigenvalue weighted by atomic mass is 16.3. The van der Waals surface area contributed by atoms with Gasteiger partial charge in [0.05, 0.1) is 11.4 Å². The molecule has 6 nitrogen and oxygen atoms in total. The molecule has 2 aliphatic rings. The molecule has 1 unspecified atom stereocenters. The van der Waals surface area contributed by atoms with Crippen molar-refractivity contribution in [3.8, 4) is 0 Å². The fourth-order valence-electron chi connectivity index (χ4n) is 4.51. The van der Waals surface area contributed by atoms with E-state index in [0.717, 1.165) is 51.1 Å². The summed E-state index contributed by atoms with van der Waals surface area (Å²) < 4.78 is 2.06. The minimum Gasteiger partial charge on any atom is -0.379 e. The lowest BCUT2D eigenvalue weighted by molar-refractivity contribution is -0.159. The van der Waals surface area contributed by atoms with Crippen LogP contribution in [0.3, 0.4) is 0 Å². The molecule has 2 aromatic rings. The van der Waals surface area contributed by atoms with Gasteiger partial charge in [0.25, 0.3) is 5.91 Å². The van der Waals surface area contributed by atoms with Gasteiger partial charge in [-0.05, 0) is 44.2 Å². The molecular weight excluding hydrogens is 352 g/mol. The number of aliphatic hydroxyl groups is 1. The number of piperidine rings is 1. The summed E-state index contributed by atoms with van der Waals surface area (Å²) in [6.07, 6.45) is 3.20. The smallest absolute Gasteiger partial charge is 0.255 e. The van der Waals surface area contributed by atoms with Crippen LogP contribution in [-0.4, -0.2) is 62.4 Å². The monoisotopic (exact) mass is 382 g/mol. The molecule has 1 atom stereocenters. The van der Waals surface area contributed by atoms with Gasteiger partial charge in [0.1, 0.15) is 0 Å². The zero-order chi connectivity index (χ0) is 19.6. The van der Waals surface area contributed by atoms with Gasteiger partial charge in [0.2, 0.25) is 0 Å². The Kier molecular flexibility index (Phi) is 5.51. The van der Waals surface area contributed by atoms with Crippen molar-refractivity contribution in [3.05, 3.63) is 53.3 Å². The molecule has 3 heterocycles. The molecule has 6 heteroatoms. The van der Waals surface area contributed by atoms with E-state index in [9.17, 15) is 9.90 Å². The molecule has 4 rings (SSSR count). The van der Waals surface area contributed by atoms with Gasteiger partial charge in [-0.2, -0.15) is 5.10 Å². The first kappa shape index (κ1) is 19.2. The Morgan fingerprint density at radius 1 is 1.14 bits per heavy atom. The molecular formula is C22H30N4O2. The summed E-state index contributed by atoms with van der Waals surface area (Å²) >= 11 is 0. The van der Waals surface area contributed by atoms with Crippen molar-refractivity contribution in [2.45, 2.75) is 51.3 Å². The number of aromatic nitrogens is 2. The lowest BCUT2D eigenvalue weighted by Crippen LogP contribution is -2.58. The summed E-state index contributed by atoms with van der Waals surface area (Å²) in [6, 6.07) is 12.3. The standard InChI is InChI=1S/C22H30N4O2/c1-18-15-20-16-24(11-6-13-26(20)23-18)17-22(28)10-5-12-25(21(22)27)14-9-19-7-3-2-4-8-19/h2-4,7-8,15,28H,5-6,9-14,16-17H2,1H3. The molecule has 28 heavy (non-hydrogen) atoms. The van der Waals surface area contributed by atoms with Gasteiger partial charge in [0.15, 0.2) is 5.60 Å². The fourth-order valence-corrected chi connectivity index (χ4v) is 4.51. The summed E-state index contributed by atoms with van der Waals surface area (Å²) in [4.78, 5) is 17.2. The average molecular weight is 383 g/mol. The fraction of sp³-hybridized carbons (Fsp3) is 0.545. The van der Waals surface area contributed by atoms with Crippen LogP contribution in [0.4, 0.5) is 0 Å². The van der Waals surface area contributed by atoms with Gasteiger partial charge >= 0.3 is 0 Å². The van der Waals surface area contributed by atoms with Crippen molar-refractivity contribution in [1.82, 2.24) is 19.6 Å². The maximum absolute atomic E-state index is 13.1. The Morgan fingerprint density at radius 2 is 1.96 bits per heavy atom. The zero-order valence-corrected chi connectivity index (χ0v) is 16.7. The van der Waals surface area contributed by atoms with Crippen molar-refractivity contribution < 1.29 is 9.90 Å². The van der Waals surface area contributed by atoms with Crippen molar-refractivity contribution in [2.24, 2.45) is 0 Å². The second-order valence-corrected chi connectivity index (χ2v) is 8.23. The molecule has 0 saturated carbocycles. The summed E-state index contributed by atoms with van der Waals surface area (Å²) in [6.45, 7) is 6.32. The van der Waals surface area contributed by atoms with Crippen LogP contribution in [0, 0.1) is 6.92 Å². The van der Waals surface area contributed by atoms with Crippen molar-refractivity contribution in [1.29, 1.82) is 0 Å². The number of rotatable bonds is 5. The predicted octanol–water partition coefficient (Wildman–Crippen LogP) is 1.99. The molecule has 150 valence electrons. The molecule has 0 radical (unpaired) electrons. The van der Waals surface area contributed by atoms with Crippen LogP contribution in [-0.2, 0) is 24.3 Å². The minimum atomic E-state index is -1.28. The first-order chi connectivity index (χ1) is 13.5. The van der Waals surface area contributed by atoms with E-state index < -0.39 is 5.60 Å². The van der Waals surface area contributed by atoms with Gasteiger partial charge in [-0.3, -0.25) is 14.4 Å². The molecule has 1 aromatic carbocycles. The lowest BCUT2D eigenvalue weighted by atomic mass is 9.90. The second-order valence-electron chi connectivity index (χ2n) is 8.23. The Hall–Kier alpha value is -2.18. The maximum Gasteiger partial charge on any atom is 0.255 e. The molecule has 1 fully saturated rings. The van der Waals surface area contributed by atoms with E-state index in [0.29, 0.717) is 19.5 Å². The third-order valence-corrected chi connectivity index (χ3v) is 5.92. The number of likely N-dealkylation sites (tertiary alicyclic amines) is 1. The van der Waals surface area contributed by atoms with Crippen LogP contribution in [0.2, 0.25) is 0 Å². The lowest BCUT2D eigenvalue weighted by Gasteiger charge is -2.40. The van der Waals surface area contributed by atoms with Crippen molar-refractivity contribution in [3.63, 3.8) is 0 Å². The van der Waals surface area contributed by atoms with Crippen molar-refractivity contribution >= 4 is 5.91 Å². The van der Waals surface area contributed by atoms with Gasteiger partial charge < -0.3 is 10.0 Å². The number of carbonyl (C=O) groups excluding carboxylic acids is 1. The van der Waals surface area contributed by atoms with E-state index in [2.05, 4.69) is 32.9 Å². The number of hydrogen-bond donors (Lipinski definition) is 1. The molecule has 2 aliphatic heterocycles. The third kappa shape index (κ3) is 4.13. The summed E-state index contributed by atoms with van der Waals surface area (Å²) in [7, 11) is 0. The van der Waals surface area contributed by atoms with E-state index in [4.69, 9.17) is 0 Å². The van der Waals surface area contributed by atoms with Crippen LogP contribution >= 0.6 is 0 Å². The quantitative estimate of drug-likeness (QED) is 0.859. The topological polar surface area (TPSA) is 61.6 Å². The SMILES string of the molecule is Cc1cc2n(n1)CCCN(CC1(O)CCCN(CCc3ccccc3)C1=O)C2. The molecule has 0 aliphatic carbocycles. The number of benzene rings is 1. The third-order valence-electron chi connectivity index (χ3n) is 5.92. The van der Waals surface area contributed by atoms with Crippen LogP contribution in [0.5, 0.6) is 0 Å². The van der Waals surface area contributed by atoms with Gasteiger partial charge in [-0.1, -0.05) is 30.3 Å². The van der Waals surface area contributed by atoms with Crippen LogP contribution in [0.25, 0.3) is 0 Å². The Balaban J connectivity index is 1.41. The highest BCUT2D eigenvalue weighted by Gasteiger charge is 2.43. The molecule has 1 amide bonds.